The van der Waals surface area contributed by atoms with E-state index in [9.17, 15) is 27.9 Å². The summed E-state index contributed by atoms with van der Waals surface area (Å²) in [6.07, 6.45) is -0.175. The van der Waals surface area contributed by atoms with Crippen LogP contribution in [-0.4, -0.2) is 90.5 Å². The van der Waals surface area contributed by atoms with E-state index in [1.54, 1.807) is 51.1 Å². The van der Waals surface area contributed by atoms with Crippen molar-refractivity contribution in [3.05, 3.63) is 41.4 Å². The van der Waals surface area contributed by atoms with Gasteiger partial charge < -0.3 is 19.6 Å². The minimum absolute atomic E-state index is 0.0477. The number of likely N-dealkylation sites (tertiary alicyclic amines) is 1. The number of carbonyl (C=O) groups excluding carboxylic acids is 2. The number of halogens is 1. The number of rotatable bonds is 5. The second-order valence-electron chi connectivity index (χ2n) is 10.9. The molecule has 1 N–H and O–H groups in total. The van der Waals surface area contributed by atoms with Crippen LogP contribution in [0.4, 0.5) is 4.79 Å². The molecule has 0 bridgehead atoms. The van der Waals surface area contributed by atoms with Crippen molar-refractivity contribution in [1.82, 2.24) is 14.1 Å². The van der Waals surface area contributed by atoms with Crippen molar-refractivity contribution in [2.24, 2.45) is 5.41 Å². The second-order valence-corrected chi connectivity index (χ2v) is 13.2. The van der Waals surface area contributed by atoms with E-state index in [1.807, 2.05) is 0 Å². The Morgan fingerprint density at radius 3 is 2.26 bits per heavy atom. The fourth-order valence-corrected chi connectivity index (χ4v) is 6.41. The fraction of sp³-hybridized carbons (Fsp3) is 0.500. The molecule has 10 nitrogen and oxygen atoms in total. The first-order valence-electron chi connectivity index (χ1n) is 12.4. The van der Waals surface area contributed by atoms with Crippen molar-refractivity contribution in [2.75, 3.05) is 39.3 Å². The van der Waals surface area contributed by atoms with E-state index in [2.05, 4.69) is 0 Å². The van der Waals surface area contributed by atoms with Crippen LogP contribution in [0, 0.1) is 5.41 Å². The molecule has 2 aliphatic heterocycles. The summed E-state index contributed by atoms with van der Waals surface area (Å²) in [5.41, 5.74) is -1.89. The van der Waals surface area contributed by atoms with E-state index >= 15 is 0 Å². The number of ether oxygens (including phenoxy) is 1. The van der Waals surface area contributed by atoms with Gasteiger partial charge in [0.25, 0.3) is 0 Å². The third-order valence-electron chi connectivity index (χ3n) is 7.01. The van der Waals surface area contributed by atoms with E-state index in [0.29, 0.717) is 10.4 Å². The Morgan fingerprint density at radius 2 is 1.66 bits per heavy atom. The van der Waals surface area contributed by atoms with Crippen LogP contribution in [0.15, 0.2) is 41.3 Å². The van der Waals surface area contributed by atoms with Gasteiger partial charge in [-0.2, -0.15) is 4.31 Å². The number of piperazine rings is 1. The molecule has 2 aromatic rings. The number of carboxylic acid groups (broad SMARTS) is 1. The van der Waals surface area contributed by atoms with E-state index in [4.69, 9.17) is 16.3 Å². The molecule has 206 valence electrons. The third kappa shape index (κ3) is 5.89. The standard InChI is InChI=1S/C26H32ClN3O7S/c1-25(2,3)37-24(34)28-10-8-26(9-11-28,23(32)33)17-29-12-13-30(16-22(29)31)38(35,36)21-7-5-18-14-20(27)6-4-19(18)15-21/h4-7,14-15H,8-13,16-17H2,1-3H3,(H,32,33). The van der Waals surface area contributed by atoms with Crippen LogP contribution in [-0.2, 0) is 24.3 Å². The molecule has 2 fully saturated rings. The lowest BCUT2D eigenvalue weighted by Gasteiger charge is -2.43. The highest BCUT2D eigenvalue weighted by molar-refractivity contribution is 7.89. The predicted molar refractivity (Wildman–Crippen MR) is 141 cm³/mol. The average Bonchev–Trinajstić information content (AvgIpc) is 2.84. The van der Waals surface area contributed by atoms with Crippen LogP contribution >= 0.6 is 11.6 Å². The zero-order valence-corrected chi connectivity index (χ0v) is 23.2. The highest BCUT2D eigenvalue weighted by Crippen LogP contribution is 2.34. The van der Waals surface area contributed by atoms with E-state index in [1.165, 1.54) is 15.9 Å². The van der Waals surface area contributed by atoms with Gasteiger partial charge in [-0.3, -0.25) is 9.59 Å². The summed E-state index contributed by atoms with van der Waals surface area (Å²) in [5.74, 6) is -1.50. The monoisotopic (exact) mass is 565 g/mol. The van der Waals surface area contributed by atoms with Gasteiger partial charge in [0.1, 0.15) is 5.60 Å². The first kappa shape index (κ1) is 28.1. The lowest BCUT2D eigenvalue weighted by Crippen LogP contribution is -2.58. The van der Waals surface area contributed by atoms with Gasteiger partial charge in [0.05, 0.1) is 16.9 Å². The molecule has 0 radical (unpaired) electrons. The molecule has 0 spiro atoms. The summed E-state index contributed by atoms with van der Waals surface area (Å²) in [4.78, 5) is 40.7. The highest BCUT2D eigenvalue weighted by Gasteiger charge is 2.46. The topological polar surface area (TPSA) is 125 Å². The van der Waals surface area contributed by atoms with Gasteiger partial charge in [0.2, 0.25) is 15.9 Å². The van der Waals surface area contributed by atoms with Gasteiger partial charge in [-0.15, -0.1) is 0 Å². The first-order chi connectivity index (χ1) is 17.7. The second kappa shape index (κ2) is 10.3. The van der Waals surface area contributed by atoms with Crippen LogP contribution < -0.4 is 0 Å². The maximum atomic E-state index is 13.3. The number of hydrogen-bond donors (Lipinski definition) is 1. The van der Waals surface area contributed by atoms with E-state index < -0.39 is 39.0 Å². The Hall–Kier alpha value is -2.89. The van der Waals surface area contributed by atoms with Gasteiger partial charge in [-0.05, 0) is 68.7 Å². The smallest absolute Gasteiger partial charge is 0.410 e. The predicted octanol–water partition coefficient (Wildman–Crippen LogP) is 3.43. The number of amides is 2. The number of nitrogens with zero attached hydrogens (tertiary/aromatic N) is 3. The van der Waals surface area contributed by atoms with Gasteiger partial charge >= 0.3 is 12.1 Å². The molecule has 12 heteroatoms. The highest BCUT2D eigenvalue weighted by atomic mass is 35.5. The molecule has 2 amide bonds. The van der Waals surface area contributed by atoms with Crippen molar-refractivity contribution in [1.29, 1.82) is 0 Å². The maximum absolute atomic E-state index is 13.3. The largest absolute Gasteiger partial charge is 0.481 e. The Balaban J connectivity index is 1.42. The molecule has 0 aliphatic carbocycles. The summed E-state index contributed by atoms with van der Waals surface area (Å²) < 4.78 is 33.1. The van der Waals surface area contributed by atoms with Crippen LogP contribution in [0.2, 0.25) is 5.02 Å². The zero-order valence-electron chi connectivity index (χ0n) is 21.6. The Bertz CT molecular complexity index is 1360. The SMILES string of the molecule is CC(C)(C)OC(=O)N1CCC(CN2CCN(S(=O)(=O)c3ccc4cc(Cl)ccc4c3)CC2=O)(C(=O)O)CC1. The van der Waals surface area contributed by atoms with Crippen molar-refractivity contribution < 1.29 is 32.6 Å². The molecular formula is C26H32ClN3O7S. The summed E-state index contributed by atoms with van der Waals surface area (Å²) in [5, 5.41) is 12.1. The number of sulfonamides is 1. The lowest BCUT2D eigenvalue weighted by molar-refractivity contribution is -0.156. The van der Waals surface area contributed by atoms with Crippen molar-refractivity contribution in [3.8, 4) is 0 Å². The van der Waals surface area contributed by atoms with Crippen molar-refractivity contribution in [2.45, 2.75) is 44.1 Å². The lowest BCUT2D eigenvalue weighted by atomic mass is 9.77. The summed E-state index contributed by atoms with van der Waals surface area (Å²) >= 11 is 6.01. The molecular weight excluding hydrogens is 534 g/mol. The molecule has 4 rings (SSSR count). The van der Waals surface area contributed by atoms with Crippen LogP contribution in [0.3, 0.4) is 0 Å². The van der Waals surface area contributed by atoms with Gasteiger partial charge in [0, 0.05) is 37.7 Å². The third-order valence-corrected chi connectivity index (χ3v) is 9.09. The molecule has 2 heterocycles. The minimum Gasteiger partial charge on any atom is -0.481 e. The molecule has 2 saturated heterocycles. The summed E-state index contributed by atoms with van der Waals surface area (Å²) in [7, 11) is -3.94. The molecule has 2 aliphatic rings. The Labute approximate surface area is 227 Å². The summed E-state index contributed by atoms with van der Waals surface area (Å²) in [6.45, 7) is 5.37. The average molecular weight is 566 g/mol. The molecule has 0 aromatic heterocycles. The van der Waals surface area contributed by atoms with Crippen molar-refractivity contribution >= 4 is 50.4 Å². The minimum atomic E-state index is -3.94. The number of carboxylic acids is 1. The maximum Gasteiger partial charge on any atom is 0.410 e. The Morgan fingerprint density at radius 1 is 1.03 bits per heavy atom. The van der Waals surface area contributed by atoms with Crippen molar-refractivity contribution in [3.63, 3.8) is 0 Å². The number of hydrogen-bond acceptors (Lipinski definition) is 6. The number of fused-ring (bicyclic) bond motifs is 1. The van der Waals surface area contributed by atoms with E-state index in [0.717, 1.165) is 9.69 Å². The molecule has 2 aromatic carbocycles. The van der Waals surface area contributed by atoms with Gasteiger partial charge in [-0.1, -0.05) is 23.7 Å². The molecule has 0 unspecified atom stereocenters. The van der Waals surface area contributed by atoms with Crippen LogP contribution in [0.5, 0.6) is 0 Å². The van der Waals surface area contributed by atoms with Gasteiger partial charge in [-0.25, -0.2) is 13.2 Å². The number of aliphatic carboxylic acids is 1. The van der Waals surface area contributed by atoms with Crippen LogP contribution in [0.1, 0.15) is 33.6 Å². The number of benzene rings is 2. The summed E-state index contributed by atoms with van der Waals surface area (Å²) in [6, 6.07) is 9.87. The first-order valence-corrected chi connectivity index (χ1v) is 14.2. The normalized spacial score (nSPS) is 19.0. The van der Waals surface area contributed by atoms with Crippen LogP contribution in [0.25, 0.3) is 10.8 Å². The molecule has 0 atom stereocenters. The fourth-order valence-electron chi connectivity index (χ4n) is 4.81. The number of carbonyl (C=O) groups is 3. The molecule has 0 saturated carbocycles. The van der Waals surface area contributed by atoms with Gasteiger partial charge in [0.15, 0.2) is 0 Å². The Kier molecular flexibility index (Phi) is 7.66. The van der Waals surface area contributed by atoms with E-state index in [-0.39, 0.29) is 57.0 Å². The number of piperidine rings is 1. The molecule has 38 heavy (non-hydrogen) atoms. The quantitative estimate of drug-likeness (QED) is 0.589. The zero-order chi connectivity index (χ0) is 27.9.